The van der Waals surface area contributed by atoms with Gasteiger partial charge >= 0.3 is 18.3 Å². The van der Waals surface area contributed by atoms with Gasteiger partial charge in [-0.15, -0.1) is 11.3 Å². The Morgan fingerprint density at radius 3 is 2.21 bits per heavy atom. The molecule has 2 aromatic rings. The highest BCUT2D eigenvalue weighted by Crippen LogP contribution is 2.40. The summed E-state index contributed by atoms with van der Waals surface area (Å²) in [5, 5.41) is 11.1. The lowest BCUT2D eigenvalue weighted by molar-refractivity contribution is -0.143. The van der Waals surface area contributed by atoms with Crippen molar-refractivity contribution < 1.29 is 41.0 Å². The van der Waals surface area contributed by atoms with Crippen molar-refractivity contribution in [2.45, 2.75) is 18.8 Å². The van der Waals surface area contributed by atoms with Crippen LogP contribution in [0.1, 0.15) is 22.4 Å². The maximum atomic E-state index is 13.1. The molecule has 1 amide bonds. The number of alkyl halides is 6. The molecule has 1 fully saturated rings. The molecular weight excluding hydrogens is 514 g/mol. The molecule has 1 saturated heterocycles. The molecule has 1 aliphatic heterocycles. The van der Waals surface area contributed by atoms with Gasteiger partial charge in [-0.2, -0.15) is 26.3 Å². The minimum atomic E-state index is -4.96. The van der Waals surface area contributed by atoms with Crippen LogP contribution in [-0.2, 0) is 21.9 Å². The van der Waals surface area contributed by atoms with E-state index in [4.69, 9.17) is 17.3 Å². The Morgan fingerprint density at radius 1 is 1.06 bits per heavy atom. The molecule has 176 valence electrons. The van der Waals surface area contributed by atoms with E-state index in [2.05, 4.69) is 5.43 Å². The smallest absolute Gasteiger partial charge is 0.416 e. The Morgan fingerprint density at radius 2 is 1.67 bits per heavy atom. The van der Waals surface area contributed by atoms with E-state index in [1.165, 1.54) is 17.5 Å². The first-order valence-corrected chi connectivity index (χ1v) is 11.0. The van der Waals surface area contributed by atoms with Crippen LogP contribution >= 0.6 is 35.3 Å². The molecule has 33 heavy (non-hydrogen) atoms. The molecule has 0 unspecified atom stereocenters. The van der Waals surface area contributed by atoms with Crippen molar-refractivity contribution in [3.05, 3.63) is 50.6 Å². The summed E-state index contributed by atoms with van der Waals surface area (Å²) < 4.78 is 78.8. The fourth-order valence-corrected chi connectivity index (χ4v) is 4.84. The van der Waals surface area contributed by atoms with E-state index in [1.54, 1.807) is 0 Å². The van der Waals surface area contributed by atoms with Gasteiger partial charge in [-0.3, -0.25) is 9.59 Å². The predicted octanol–water partition coefficient (Wildman–Crippen LogP) is 5.63. The van der Waals surface area contributed by atoms with Gasteiger partial charge in [0.05, 0.1) is 22.5 Å². The second-order valence-electron chi connectivity index (χ2n) is 6.60. The number of thiophene rings is 1. The van der Waals surface area contributed by atoms with E-state index in [1.807, 2.05) is 0 Å². The van der Waals surface area contributed by atoms with Crippen LogP contribution in [0.25, 0.3) is 17.2 Å². The molecule has 0 saturated carbocycles. The number of aliphatic carboxylic acids is 1. The zero-order valence-electron chi connectivity index (χ0n) is 16.1. The number of thioether (sulfide) groups is 1. The number of hydrazine groups is 1. The van der Waals surface area contributed by atoms with Crippen LogP contribution in [0.5, 0.6) is 0 Å². The summed E-state index contributed by atoms with van der Waals surface area (Å²) in [5.41, 5.74) is -0.400. The highest BCUT2D eigenvalue weighted by Gasteiger charge is 2.37. The van der Waals surface area contributed by atoms with Gasteiger partial charge < -0.3 is 5.11 Å². The third-order valence-electron chi connectivity index (χ3n) is 4.22. The highest BCUT2D eigenvalue weighted by atomic mass is 32.2. The van der Waals surface area contributed by atoms with Crippen LogP contribution in [-0.4, -0.2) is 32.9 Å². The van der Waals surface area contributed by atoms with Gasteiger partial charge in [-0.25, -0.2) is 10.4 Å². The minimum absolute atomic E-state index is 0.0463. The van der Waals surface area contributed by atoms with Gasteiger partial charge in [0.15, 0.2) is 4.32 Å². The standard InChI is InChI=1S/C19H12F6N2O3S3/c20-18(21,22)11-3-9(4-12(6-11)19(23,24)25)10-5-13(32-8-10)7-14-16(30)27(17(31)33-14)26-2-1-15(28)29/h3-8,26H,1-2H2,(H,28,29)/b14-7-. The Hall–Kier alpha value is -2.42. The Balaban J connectivity index is 1.87. The van der Waals surface area contributed by atoms with Gasteiger partial charge in [-0.05, 0) is 46.8 Å². The summed E-state index contributed by atoms with van der Waals surface area (Å²) >= 11 is 7.02. The third kappa shape index (κ3) is 6.13. The lowest BCUT2D eigenvalue weighted by Crippen LogP contribution is -2.42. The highest BCUT2D eigenvalue weighted by molar-refractivity contribution is 8.26. The number of hydrogen-bond donors (Lipinski definition) is 2. The second kappa shape index (κ2) is 9.44. The van der Waals surface area contributed by atoms with Crippen molar-refractivity contribution in [3.63, 3.8) is 0 Å². The van der Waals surface area contributed by atoms with Crippen molar-refractivity contribution >= 4 is 57.6 Å². The fraction of sp³-hybridized carbons (Fsp3) is 0.211. The SMILES string of the molecule is O=C(O)CCNN1C(=O)/C(=C/c2cc(-c3cc(C(F)(F)F)cc(C(F)(F)F)c3)cs2)SC1=S. The van der Waals surface area contributed by atoms with Crippen LogP contribution in [0.15, 0.2) is 34.6 Å². The molecule has 3 rings (SSSR count). The number of carboxylic acids is 1. The Labute approximate surface area is 196 Å². The molecule has 2 N–H and O–H groups in total. The Kier molecular flexibility index (Phi) is 7.21. The van der Waals surface area contributed by atoms with E-state index >= 15 is 0 Å². The van der Waals surface area contributed by atoms with Crippen molar-refractivity contribution in [1.29, 1.82) is 0 Å². The third-order valence-corrected chi connectivity index (χ3v) is 6.40. The van der Waals surface area contributed by atoms with Crippen molar-refractivity contribution in [1.82, 2.24) is 10.4 Å². The average Bonchev–Trinajstić information content (AvgIpc) is 3.26. The summed E-state index contributed by atoms with van der Waals surface area (Å²) in [6, 6.07) is 2.68. The van der Waals surface area contributed by atoms with Crippen molar-refractivity contribution in [3.8, 4) is 11.1 Å². The van der Waals surface area contributed by atoms with E-state index < -0.39 is 35.4 Å². The number of hydrogen-bond acceptors (Lipinski definition) is 6. The zero-order chi connectivity index (χ0) is 24.6. The van der Waals surface area contributed by atoms with E-state index in [-0.39, 0.29) is 39.4 Å². The van der Waals surface area contributed by atoms with Crippen LogP contribution < -0.4 is 5.43 Å². The summed E-state index contributed by atoms with van der Waals surface area (Å²) in [4.78, 5) is 23.6. The number of nitrogens with zero attached hydrogens (tertiary/aromatic N) is 1. The van der Waals surface area contributed by atoms with E-state index in [0.717, 1.165) is 28.1 Å². The molecule has 1 aromatic carbocycles. The van der Waals surface area contributed by atoms with Crippen LogP contribution in [0, 0.1) is 0 Å². The Bertz CT molecular complexity index is 1110. The van der Waals surface area contributed by atoms with Crippen LogP contribution in [0.2, 0.25) is 0 Å². The molecule has 5 nitrogen and oxygen atoms in total. The molecule has 0 radical (unpaired) electrons. The quantitative estimate of drug-likeness (QED) is 0.289. The predicted molar refractivity (Wildman–Crippen MR) is 115 cm³/mol. The molecule has 1 aliphatic rings. The molecule has 0 bridgehead atoms. The number of rotatable bonds is 6. The lowest BCUT2D eigenvalue weighted by atomic mass is 10.0. The number of carbonyl (C=O) groups excluding carboxylic acids is 1. The first-order valence-electron chi connectivity index (χ1n) is 8.87. The normalized spacial score (nSPS) is 16.2. The number of thiocarbonyl (C=S) groups is 1. The minimum Gasteiger partial charge on any atom is -0.481 e. The maximum Gasteiger partial charge on any atom is 0.416 e. The monoisotopic (exact) mass is 526 g/mol. The molecular formula is C19H12F6N2O3S3. The summed E-state index contributed by atoms with van der Waals surface area (Å²) in [5.74, 6) is -1.62. The first kappa shape index (κ1) is 25.2. The maximum absolute atomic E-state index is 13.1. The van der Waals surface area contributed by atoms with Crippen molar-refractivity contribution in [2.75, 3.05) is 6.54 Å². The molecule has 0 spiro atoms. The lowest BCUT2D eigenvalue weighted by Gasteiger charge is -2.14. The van der Waals surface area contributed by atoms with Gasteiger partial charge in [0.2, 0.25) is 0 Å². The average molecular weight is 527 g/mol. The van der Waals surface area contributed by atoms with Crippen molar-refractivity contribution in [2.24, 2.45) is 0 Å². The van der Waals surface area contributed by atoms with Gasteiger partial charge in [0.25, 0.3) is 5.91 Å². The summed E-state index contributed by atoms with van der Waals surface area (Å²) in [6.07, 6.45) is -8.76. The number of halogens is 6. The fourth-order valence-electron chi connectivity index (χ4n) is 2.71. The largest absolute Gasteiger partial charge is 0.481 e. The van der Waals surface area contributed by atoms with Gasteiger partial charge in [-0.1, -0.05) is 24.0 Å². The number of carboxylic acid groups (broad SMARTS) is 1. The summed E-state index contributed by atoms with van der Waals surface area (Å²) in [6.45, 7) is -0.0463. The van der Waals surface area contributed by atoms with Crippen LogP contribution in [0.4, 0.5) is 26.3 Å². The molecule has 1 aromatic heterocycles. The summed E-state index contributed by atoms with van der Waals surface area (Å²) in [7, 11) is 0. The molecule has 0 atom stereocenters. The van der Waals surface area contributed by atoms with Gasteiger partial charge in [0, 0.05) is 11.4 Å². The van der Waals surface area contributed by atoms with Gasteiger partial charge in [0.1, 0.15) is 0 Å². The second-order valence-corrected chi connectivity index (χ2v) is 9.22. The zero-order valence-corrected chi connectivity index (χ0v) is 18.5. The van der Waals surface area contributed by atoms with Crippen LogP contribution in [0.3, 0.4) is 0 Å². The molecule has 0 aliphatic carbocycles. The first-order chi connectivity index (χ1) is 15.3. The number of nitrogens with one attached hydrogen (secondary N) is 1. The number of amides is 1. The molecule has 2 heterocycles. The number of carbonyl (C=O) groups is 2. The van der Waals surface area contributed by atoms with E-state index in [9.17, 15) is 35.9 Å². The molecule has 14 heteroatoms. The van der Waals surface area contributed by atoms with E-state index in [0.29, 0.717) is 17.0 Å². The number of benzene rings is 1. The topological polar surface area (TPSA) is 69.6 Å².